The average Bonchev–Trinajstić information content (AvgIpc) is 2.77. The van der Waals surface area contributed by atoms with Crippen LogP contribution in [-0.4, -0.2) is 31.6 Å². The van der Waals surface area contributed by atoms with Crippen molar-refractivity contribution < 1.29 is 14.3 Å². The lowest BCUT2D eigenvalue weighted by atomic mass is 10.0. The second kappa shape index (κ2) is 7.40. The zero-order valence-corrected chi connectivity index (χ0v) is 12.8. The number of anilines is 1. The van der Waals surface area contributed by atoms with Crippen LogP contribution in [0, 0.1) is 0 Å². The van der Waals surface area contributed by atoms with Gasteiger partial charge >= 0.3 is 0 Å². The third kappa shape index (κ3) is 4.17. The maximum absolute atomic E-state index is 11.8. The summed E-state index contributed by atoms with van der Waals surface area (Å²) in [5.41, 5.74) is 8.41. The normalized spacial score (nSPS) is 15.5. The first-order valence-corrected chi connectivity index (χ1v) is 6.49. The first-order valence-electron chi connectivity index (χ1n) is 6.49. The molecule has 0 spiro atoms. The molecular weight excluding hydrogens is 294 g/mol. The molecule has 2 unspecified atom stereocenters. The van der Waals surface area contributed by atoms with Crippen LogP contribution in [0.1, 0.15) is 24.1 Å². The van der Waals surface area contributed by atoms with Gasteiger partial charge in [-0.05, 0) is 24.1 Å². The number of amides is 2. The summed E-state index contributed by atoms with van der Waals surface area (Å²) in [6.45, 7) is 2.06. The van der Waals surface area contributed by atoms with Crippen LogP contribution in [0.3, 0.4) is 0 Å². The van der Waals surface area contributed by atoms with E-state index in [1.807, 2.05) is 25.1 Å². The van der Waals surface area contributed by atoms with Crippen LogP contribution >= 0.6 is 12.4 Å². The molecule has 6 nitrogen and oxygen atoms in total. The van der Waals surface area contributed by atoms with Gasteiger partial charge in [0.1, 0.15) is 6.04 Å². The number of nitrogens with two attached hydrogens (primary N) is 1. The Bertz CT molecular complexity index is 536. The van der Waals surface area contributed by atoms with Crippen molar-refractivity contribution in [2.75, 3.05) is 19.0 Å². The largest absolute Gasteiger partial charge is 0.383 e. The molecule has 2 amide bonds. The highest BCUT2D eigenvalue weighted by Gasteiger charge is 2.20. The summed E-state index contributed by atoms with van der Waals surface area (Å²) < 4.78 is 4.85. The third-order valence-electron chi connectivity index (χ3n) is 3.30. The number of rotatable bonds is 5. The Labute approximate surface area is 129 Å². The van der Waals surface area contributed by atoms with Crippen molar-refractivity contribution in [3.05, 3.63) is 29.3 Å². The van der Waals surface area contributed by atoms with Gasteiger partial charge in [-0.2, -0.15) is 0 Å². The molecule has 0 saturated carbocycles. The highest BCUT2D eigenvalue weighted by atomic mass is 35.5. The molecule has 0 radical (unpaired) electrons. The van der Waals surface area contributed by atoms with E-state index in [1.165, 1.54) is 7.11 Å². The van der Waals surface area contributed by atoms with Crippen molar-refractivity contribution in [3.63, 3.8) is 0 Å². The van der Waals surface area contributed by atoms with Gasteiger partial charge in [0, 0.05) is 12.8 Å². The average molecular weight is 314 g/mol. The van der Waals surface area contributed by atoms with Crippen molar-refractivity contribution in [3.8, 4) is 0 Å². The number of methoxy groups -OCH3 is 1. The van der Waals surface area contributed by atoms with Crippen molar-refractivity contribution in [1.82, 2.24) is 5.32 Å². The smallest absolute Gasteiger partial charge is 0.239 e. The molecule has 0 bridgehead atoms. The van der Waals surface area contributed by atoms with Gasteiger partial charge in [-0.3, -0.25) is 9.59 Å². The zero-order chi connectivity index (χ0) is 14.7. The summed E-state index contributed by atoms with van der Waals surface area (Å²) in [5, 5.41) is 5.61. The zero-order valence-electron chi connectivity index (χ0n) is 12.0. The number of fused-ring (bicyclic) bond motifs is 1. The van der Waals surface area contributed by atoms with Gasteiger partial charge in [0.25, 0.3) is 0 Å². The quantitative estimate of drug-likeness (QED) is 0.748. The third-order valence-corrected chi connectivity index (χ3v) is 3.30. The fourth-order valence-electron chi connectivity index (χ4n) is 2.18. The fraction of sp³-hybridized carbons (Fsp3) is 0.429. The first kappa shape index (κ1) is 17.4. The molecule has 1 aliphatic heterocycles. The molecule has 21 heavy (non-hydrogen) atoms. The molecule has 0 saturated heterocycles. The summed E-state index contributed by atoms with van der Waals surface area (Å²) in [6, 6.07) is 4.82. The maximum atomic E-state index is 11.8. The van der Waals surface area contributed by atoms with Gasteiger partial charge in [-0.25, -0.2) is 0 Å². The van der Waals surface area contributed by atoms with E-state index in [2.05, 4.69) is 10.6 Å². The molecule has 1 aliphatic rings. The number of carbonyl (C=O) groups is 2. The number of ether oxygens (including phenoxy) is 1. The Morgan fingerprint density at radius 3 is 2.90 bits per heavy atom. The first-order chi connectivity index (χ1) is 9.51. The van der Waals surface area contributed by atoms with Crippen molar-refractivity contribution >= 4 is 29.9 Å². The van der Waals surface area contributed by atoms with E-state index < -0.39 is 6.04 Å². The lowest BCUT2D eigenvalue weighted by Gasteiger charge is -2.18. The minimum atomic E-state index is -0.680. The van der Waals surface area contributed by atoms with Gasteiger partial charge in [-0.1, -0.05) is 12.1 Å². The van der Waals surface area contributed by atoms with Gasteiger partial charge in [0.2, 0.25) is 11.8 Å². The van der Waals surface area contributed by atoms with Gasteiger partial charge in [0.15, 0.2) is 0 Å². The van der Waals surface area contributed by atoms with Crippen LogP contribution in [0.15, 0.2) is 18.2 Å². The molecule has 1 aromatic rings. The molecule has 7 heteroatoms. The van der Waals surface area contributed by atoms with E-state index in [-0.39, 0.29) is 36.9 Å². The second-order valence-electron chi connectivity index (χ2n) is 4.93. The highest BCUT2D eigenvalue weighted by molar-refractivity contribution is 5.99. The fourth-order valence-corrected chi connectivity index (χ4v) is 2.18. The Morgan fingerprint density at radius 2 is 2.24 bits per heavy atom. The molecule has 1 heterocycles. The highest BCUT2D eigenvalue weighted by Crippen LogP contribution is 2.26. The number of halogens is 1. The van der Waals surface area contributed by atoms with Crippen LogP contribution in [0.25, 0.3) is 0 Å². The molecule has 0 aromatic heterocycles. The van der Waals surface area contributed by atoms with Crippen LogP contribution < -0.4 is 16.4 Å². The number of hydrogen-bond donors (Lipinski definition) is 3. The van der Waals surface area contributed by atoms with Crippen LogP contribution in [0.2, 0.25) is 0 Å². The van der Waals surface area contributed by atoms with E-state index in [0.717, 1.165) is 16.8 Å². The van der Waals surface area contributed by atoms with Gasteiger partial charge in [-0.15, -0.1) is 12.4 Å². The molecule has 0 fully saturated rings. The number of benzene rings is 1. The lowest BCUT2D eigenvalue weighted by Crippen LogP contribution is -2.44. The Balaban J connectivity index is 0.00000220. The summed E-state index contributed by atoms with van der Waals surface area (Å²) in [6.07, 6.45) is 0.382. The van der Waals surface area contributed by atoms with Crippen molar-refractivity contribution in [2.24, 2.45) is 5.73 Å². The van der Waals surface area contributed by atoms with E-state index in [0.29, 0.717) is 6.42 Å². The SMILES string of the molecule is COCC(N)C(=O)NC(C)c1ccc2c(c1)CC(=O)N2.Cl. The Hall–Kier alpha value is -1.63. The Morgan fingerprint density at radius 1 is 1.52 bits per heavy atom. The molecule has 116 valence electrons. The molecular formula is C14H20ClN3O3. The van der Waals surface area contributed by atoms with Crippen molar-refractivity contribution in [2.45, 2.75) is 25.4 Å². The maximum Gasteiger partial charge on any atom is 0.239 e. The summed E-state index contributed by atoms with van der Waals surface area (Å²) in [7, 11) is 1.50. The summed E-state index contributed by atoms with van der Waals surface area (Å²) >= 11 is 0. The van der Waals surface area contributed by atoms with E-state index >= 15 is 0 Å². The Kier molecular flexibility index (Phi) is 6.14. The molecule has 1 aromatic carbocycles. The van der Waals surface area contributed by atoms with Gasteiger partial charge < -0.3 is 21.1 Å². The van der Waals surface area contributed by atoms with Crippen LogP contribution in [-0.2, 0) is 20.7 Å². The number of hydrogen-bond acceptors (Lipinski definition) is 4. The number of nitrogens with one attached hydrogen (secondary N) is 2. The van der Waals surface area contributed by atoms with Crippen molar-refractivity contribution in [1.29, 1.82) is 0 Å². The topological polar surface area (TPSA) is 93.4 Å². The standard InChI is InChI=1S/C14H19N3O3.ClH/c1-8(16-14(19)11(15)7-20-2)9-3-4-12-10(5-9)6-13(18)17-12;/h3-5,8,11H,6-7,15H2,1-2H3,(H,16,19)(H,17,18);1H. The van der Waals surface area contributed by atoms with E-state index in [9.17, 15) is 9.59 Å². The molecule has 0 aliphatic carbocycles. The minimum absolute atomic E-state index is 0. The van der Waals surface area contributed by atoms with Crippen LogP contribution in [0.5, 0.6) is 0 Å². The lowest BCUT2D eigenvalue weighted by molar-refractivity contribution is -0.124. The van der Waals surface area contributed by atoms with E-state index in [4.69, 9.17) is 10.5 Å². The second-order valence-corrected chi connectivity index (χ2v) is 4.93. The predicted molar refractivity (Wildman–Crippen MR) is 82.4 cm³/mol. The molecule has 2 atom stereocenters. The van der Waals surface area contributed by atoms with Gasteiger partial charge in [0.05, 0.1) is 19.1 Å². The number of carbonyl (C=O) groups excluding carboxylic acids is 2. The minimum Gasteiger partial charge on any atom is -0.383 e. The molecule has 2 rings (SSSR count). The summed E-state index contributed by atoms with van der Waals surface area (Å²) in [4.78, 5) is 23.1. The summed E-state index contributed by atoms with van der Waals surface area (Å²) in [5.74, 6) is -0.259. The monoisotopic (exact) mass is 313 g/mol. The van der Waals surface area contributed by atoms with Crippen LogP contribution in [0.4, 0.5) is 5.69 Å². The molecule has 4 N–H and O–H groups in total. The van der Waals surface area contributed by atoms with E-state index in [1.54, 1.807) is 0 Å². The predicted octanol–water partition coefficient (Wildman–Crippen LogP) is 0.754.